The number of non-ortho nitro benzene ring substituents is 1. The molecule has 0 saturated heterocycles. The number of nitrogen functional groups attached to an aromatic ring is 1. The van der Waals surface area contributed by atoms with Crippen LogP contribution >= 0.6 is 0 Å². The van der Waals surface area contributed by atoms with Gasteiger partial charge in [0.15, 0.2) is 0 Å². The Bertz CT molecular complexity index is 622. The summed E-state index contributed by atoms with van der Waals surface area (Å²) < 4.78 is 1.66. The van der Waals surface area contributed by atoms with Gasteiger partial charge < -0.3 is 10.7 Å². The van der Waals surface area contributed by atoms with E-state index in [9.17, 15) is 10.1 Å². The first-order valence-corrected chi connectivity index (χ1v) is 5.53. The number of hydrazine groups is 1. The number of rotatable bonds is 4. The lowest BCUT2D eigenvalue weighted by Gasteiger charge is -2.07. The molecule has 4 N–H and O–H groups in total. The maximum Gasteiger partial charge on any atom is 0.273 e. The van der Waals surface area contributed by atoms with Gasteiger partial charge in [-0.1, -0.05) is 0 Å². The van der Waals surface area contributed by atoms with E-state index < -0.39 is 4.92 Å². The van der Waals surface area contributed by atoms with Crippen LogP contribution in [0.15, 0.2) is 24.4 Å². The summed E-state index contributed by atoms with van der Waals surface area (Å²) in [6.45, 7) is 1.85. The fourth-order valence-electron chi connectivity index (χ4n) is 1.75. The number of nitrogens with one attached hydrogen (secondary N) is 2. The zero-order valence-corrected chi connectivity index (χ0v) is 10.5. The molecular formula is C11H14N6O2. The van der Waals surface area contributed by atoms with Crippen LogP contribution in [-0.2, 0) is 7.05 Å². The summed E-state index contributed by atoms with van der Waals surface area (Å²) in [5.74, 6) is 5.30. The molecule has 1 aromatic heterocycles. The van der Waals surface area contributed by atoms with Gasteiger partial charge in [0.05, 0.1) is 22.0 Å². The third-order valence-electron chi connectivity index (χ3n) is 2.59. The second-order valence-corrected chi connectivity index (χ2v) is 4.10. The number of anilines is 3. The Kier molecular flexibility index (Phi) is 3.34. The number of hydrogen-bond acceptors (Lipinski definition) is 6. The van der Waals surface area contributed by atoms with E-state index in [2.05, 4.69) is 15.8 Å². The molecule has 8 heteroatoms. The normalized spacial score (nSPS) is 10.3. The number of nitrogens with zero attached hydrogens (tertiary/aromatic N) is 3. The van der Waals surface area contributed by atoms with Crippen molar-refractivity contribution < 1.29 is 4.92 Å². The zero-order chi connectivity index (χ0) is 14.0. The quantitative estimate of drug-likeness (QED) is 0.439. The minimum atomic E-state index is -0.470. The Labute approximate surface area is 109 Å². The second-order valence-electron chi connectivity index (χ2n) is 4.10. The summed E-state index contributed by atoms with van der Waals surface area (Å²) in [6, 6.07) is 4.48. The molecule has 1 aromatic carbocycles. The van der Waals surface area contributed by atoms with E-state index in [0.717, 1.165) is 11.4 Å². The highest BCUT2D eigenvalue weighted by atomic mass is 16.6. The van der Waals surface area contributed by atoms with Gasteiger partial charge in [-0.25, -0.2) is 0 Å². The van der Waals surface area contributed by atoms with Gasteiger partial charge in [0, 0.05) is 31.1 Å². The predicted molar refractivity (Wildman–Crippen MR) is 72.1 cm³/mol. The molecule has 0 spiro atoms. The van der Waals surface area contributed by atoms with Crippen molar-refractivity contribution in [3.05, 3.63) is 40.2 Å². The number of nitrogens with two attached hydrogens (primary N) is 1. The molecule has 0 unspecified atom stereocenters. The van der Waals surface area contributed by atoms with Gasteiger partial charge in [0.1, 0.15) is 0 Å². The first-order valence-electron chi connectivity index (χ1n) is 5.53. The van der Waals surface area contributed by atoms with Crippen LogP contribution in [0.25, 0.3) is 0 Å². The van der Waals surface area contributed by atoms with Crippen LogP contribution in [-0.4, -0.2) is 14.7 Å². The molecule has 0 fully saturated rings. The summed E-state index contributed by atoms with van der Waals surface area (Å²) in [4.78, 5) is 10.4. The minimum absolute atomic E-state index is 0.0421. The minimum Gasteiger partial charge on any atom is -0.352 e. The Morgan fingerprint density at radius 2 is 2.05 bits per heavy atom. The number of aryl methyl sites for hydroxylation is 2. The van der Waals surface area contributed by atoms with Crippen molar-refractivity contribution in [3.63, 3.8) is 0 Å². The number of aromatic nitrogens is 2. The molecule has 0 bridgehead atoms. The Morgan fingerprint density at radius 1 is 1.37 bits per heavy atom. The lowest BCUT2D eigenvalue weighted by Crippen LogP contribution is -2.07. The van der Waals surface area contributed by atoms with Crippen molar-refractivity contribution in [2.45, 2.75) is 6.92 Å². The van der Waals surface area contributed by atoms with Crippen LogP contribution in [0, 0.1) is 17.0 Å². The van der Waals surface area contributed by atoms with Gasteiger partial charge in [-0.3, -0.25) is 20.6 Å². The van der Waals surface area contributed by atoms with E-state index in [1.165, 1.54) is 12.1 Å². The van der Waals surface area contributed by atoms with E-state index in [4.69, 9.17) is 5.84 Å². The molecule has 0 atom stereocenters. The molecule has 8 nitrogen and oxygen atoms in total. The van der Waals surface area contributed by atoms with E-state index >= 15 is 0 Å². The predicted octanol–water partition coefficient (Wildman–Crippen LogP) is 1.67. The third kappa shape index (κ3) is 2.80. The highest BCUT2D eigenvalue weighted by molar-refractivity contribution is 5.69. The van der Waals surface area contributed by atoms with Crippen LogP contribution in [0.5, 0.6) is 0 Å². The Balaban J connectivity index is 2.36. The maximum absolute atomic E-state index is 10.8. The first kappa shape index (κ1) is 12.8. The van der Waals surface area contributed by atoms with Gasteiger partial charge in [-0.2, -0.15) is 5.10 Å². The van der Waals surface area contributed by atoms with Crippen molar-refractivity contribution in [2.75, 3.05) is 10.7 Å². The summed E-state index contributed by atoms with van der Waals surface area (Å²) in [7, 11) is 1.80. The van der Waals surface area contributed by atoms with Gasteiger partial charge >= 0.3 is 0 Å². The average molecular weight is 262 g/mol. The molecule has 0 radical (unpaired) electrons. The van der Waals surface area contributed by atoms with E-state index in [0.29, 0.717) is 11.4 Å². The molecule has 0 amide bonds. The number of benzene rings is 1. The van der Waals surface area contributed by atoms with Crippen molar-refractivity contribution in [1.82, 2.24) is 9.78 Å². The summed E-state index contributed by atoms with van der Waals surface area (Å²) in [6.07, 6.45) is 1.80. The van der Waals surface area contributed by atoms with E-state index in [1.807, 2.05) is 6.92 Å². The molecule has 1 heterocycles. The van der Waals surface area contributed by atoms with Crippen LogP contribution in [0.1, 0.15) is 5.69 Å². The first-order chi connectivity index (χ1) is 8.99. The third-order valence-corrected chi connectivity index (χ3v) is 2.59. The molecule has 19 heavy (non-hydrogen) atoms. The average Bonchev–Trinajstić information content (AvgIpc) is 2.67. The van der Waals surface area contributed by atoms with Crippen molar-refractivity contribution in [3.8, 4) is 0 Å². The Hall–Kier alpha value is -2.61. The maximum atomic E-state index is 10.8. The van der Waals surface area contributed by atoms with Crippen molar-refractivity contribution in [1.29, 1.82) is 0 Å². The molecular weight excluding hydrogens is 248 g/mol. The lowest BCUT2D eigenvalue weighted by molar-refractivity contribution is -0.384. The van der Waals surface area contributed by atoms with Crippen LogP contribution in [0.4, 0.5) is 22.7 Å². The standard InChI is InChI=1S/C11H14N6O2/c1-7-11(6-16(2)15-7)13-8-3-9(14-12)5-10(4-8)17(18)19/h3-6,13-14H,12H2,1-2H3. The number of nitro benzene ring substituents is 1. The van der Waals surface area contributed by atoms with Crippen LogP contribution < -0.4 is 16.6 Å². The molecule has 100 valence electrons. The largest absolute Gasteiger partial charge is 0.352 e. The van der Waals surface area contributed by atoms with Crippen molar-refractivity contribution >= 4 is 22.7 Å². The molecule has 0 aliphatic rings. The molecule has 0 saturated carbocycles. The van der Waals surface area contributed by atoms with Gasteiger partial charge in [0.2, 0.25) is 0 Å². The summed E-state index contributed by atoms with van der Waals surface area (Å²) in [5, 5.41) is 18.1. The highest BCUT2D eigenvalue weighted by Crippen LogP contribution is 2.27. The smallest absolute Gasteiger partial charge is 0.273 e. The van der Waals surface area contributed by atoms with Gasteiger partial charge in [0.25, 0.3) is 5.69 Å². The molecule has 2 aromatic rings. The fourth-order valence-corrected chi connectivity index (χ4v) is 1.75. The number of nitro groups is 1. The van der Waals surface area contributed by atoms with E-state index in [1.54, 1.807) is 24.0 Å². The fraction of sp³-hybridized carbons (Fsp3) is 0.182. The van der Waals surface area contributed by atoms with E-state index in [-0.39, 0.29) is 5.69 Å². The monoisotopic (exact) mass is 262 g/mol. The van der Waals surface area contributed by atoms with Crippen molar-refractivity contribution in [2.24, 2.45) is 12.9 Å². The van der Waals surface area contributed by atoms with Gasteiger partial charge in [-0.15, -0.1) is 0 Å². The summed E-state index contributed by atoms with van der Waals surface area (Å²) >= 11 is 0. The number of hydrogen-bond donors (Lipinski definition) is 3. The van der Waals surface area contributed by atoms with Crippen LogP contribution in [0.3, 0.4) is 0 Å². The highest BCUT2D eigenvalue weighted by Gasteiger charge is 2.11. The second kappa shape index (κ2) is 4.94. The Morgan fingerprint density at radius 3 is 2.58 bits per heavy atom. The van der Waals surface area contributed by atoms with Crippen LogP contribution in [0.2, 0.25) is 0 Å². The molecule has 2 rings (SSSR count). The zero-order valence-electron chi connectivity index (χ0n) is 10.5. The summed E-state index contributed by atoms with van der Waals surface area (Å²) in [5.41, 5.74) is 4.97. The SMILES string of the molecule is Cc1nn(C)cc1Nc1cc(NN)cc([N+](=O)[O-])c1. The van der Waals surface area contributed by atoms with Gasteiger partial charge in [-0.05, 0) is 13.0 Å². The topological polar surface area (TPSA) is 111 Å². The lowest BCUT2D eigenvalue weighted by atomic mass is 10.2. The molecule has 0 aliphatic carbocycles. The molecule has 0 aliphatic heterocycles.